The number of benzene rings is 2. The van der Waals surface area contributed by atoms with Crippen LogP contribution in [0.4, 0.5) is 4.39 Å². The molecule has 0 spiro atoms. The zero-order valence-electron chi connectivity index (χ0n) is 18.8. The molecule has 0 heterocycles. The number of aryl methyl sites for hydroxylation is 1. The van der Waals surface area contributed by atoms with E-state index in [9.17, 15) is 22.4 Å². The van der Waals surface area contributed by atoms with Gasteiger partial charge in [-0.05, 0) is 48.7 Å². The van der Waals surface area contributed by atoms with Gasteiger partial charge in [0.25, 0.3) is 0 Å². The molecule has 0 aliphatic carbocycles. The van der Waals surface area contributed by atoms with Crippen molar-refractivity contribution in [2.75, 3.05) is 19.7 Å². The number of aliphatic hydroxyl groups is 1. The smallest absolute Gasteiger partial charge is 0.242 e. The second-order valence-electron chi connectivity index (χ2n) is 7.48. The van der Waals surface area contributed by atoms with Crippen LogP contribution in [0.3, 0.4) is 0 Å². The van der Waals surface area contributed by atoms with Gasteiger partial charge in [-0.15, -0.1) is 0 Å². The van der Waals surface area contributed by atoms with Crippen LogP contribution in [-0.2, 0) is 32.6 Å². The molecule has 10 heteroatoms. The Morgan fingerprint density at radius 3 is 2.24 bits per heavy atom. The number of halogens is 1. The Morgan fingerprint density at radius 1 is 1.06 bits per heavy atom. The second kappa shape index (κ2) is 12.4. The zero-order chi connectivity index (χ0) is 24.4. The first-order valence-corrected chi connectivity index (χ1v) is 12.2. The van der Waals surface area contributed by atoms with Crippen molar-refractivity contribution in [2.45, 2.75) is 44.2 Å². The van der Waals surface area contributed by atoms with Gasteiger partial charge in [-0.25, -0.2) is 17.5 Å². The van der Waals surface area contributed by atoms with Gasteiger partial charge >= 0.3 is 0 Å². The van der Waals surface area contributed by atoms with Gasteiger partial charge in [0.05, 0.1) is 11.5 Å². The van der Waals surface area contributed by atoms with Crippen molar-refractivity contribution in [3.05, 3.63) is 65.5 Å². The molecule has 0 saturated heterocycles. The van der Waals surface area contributed by atoms with Crippen molar-refractivity contribution in [1.29, 1.82) is 0 Å². The fourth-order valence-corrected chi connectivity index (χ4v) is 4.24. The summed E-state index contributed by atoms with van der Waals surface area (Å²) in [5.74, 6) is -1.09. The Balaban J connectivity index is 2.11. The largest absolute Gasteiger partial charge is 0.395 e. The average Bonchev–Trinajstić information content (AvgIpc) is 2.80. The first-order valence-electron chi connectivity index (χ1n) is 10.7. The number of carbonyl (C=O) groups excluding carboxylic acids is 2. The predicted octanol–water partition coefficient (Wildman–Crippen LogP) is 1.58. The van der Waals surface area contributed by atoms with Crippen molar-refractivity contribution in [1.82, 2.24) is 14.9 Å². The summed E-state index contributed by atoms with van der Waals surface area (Å²) in [6, 6.07) is 11.2. The molecule has 3 N–H and O–H groups in total. The zero-order valence-corrected chi connectivity index (χ0v) is 19.6. The molecule has 8 nitrogen and oxygen atoms in total. The normalized spacial score (nSPS) is 12.2. The van der Waals surface area contributed by atoms with Crippen molar-refractivity contribution >= 4 is 21.8 Å². The third-order valence-corrected chi connectivity index (χ3v) is 6.60. The lowest BCUT2D eigenvalue weighted by Gasteiger charge is -2.29. The van der Waals surface area contributed by atoms with Crippen LogP contribution < -0.4 is 10.0 Å². The molecule has 0 aliphatic heterocycles. The van der Waals surface area contributed by atoms with Gasteiger partial charge in [-0.1, -0.05) is 31.2 Å². The van der Waals surface area contributed by atoms with E-state index in [1.807, 2.05) is 0 Å². The van der Waals surface area contributed by atoms with Gasteiger partial charge in [0.15, 0.2) is 0 Å². The Labute approximate surface area is 193 Å². The number of rotatable bonds is 12. The van der Waals surface area contributed by atoms with E-state index >= 15 is 0 Å². The van der Waals surface area contributed by atoms with E-state index in [1.54, 1.807) is 38.1 Å². The molecule has 1 atom stereocenters. The number of nitrogens with zero attached hydrogens (tertiary/aromatic N) is 1. The standard InChI is InChI=1S/C23H30FN3O5S/c1-3-26-33(31,32)21-11-6-18(7-12-21)8-13-22(29)27(17(2)23(30)25-14-15-28)16-19-4-9-20(24)10-5-19/h4-7,9-12,17,26,28H,3,8,13-16H2,1-2H3,(H,25,30)/t17-/m0/s1. The van der Waals surface area contributed by atoms with Gasteiger partial charge in [0.1, 0.15) is 11.9 Å². The van der Waals surface area contributed by atoms with Gasteiger partial charge < -0.3 is 15.3 Å². The highest BCUT2D eigenvalue weighted by Crippen LogP contribution is 2.15. The number of aliphatic hydroxyl groups excluding tert-OH is 1. The number of hydrogen-bond donors (Lipinski definition) is 3. The Morgan fingerprint density at radius 2 is 1.67 bits per heavy atom. The molecular weight excluding hydrogens is 449 g/mol. The van der Waals surface area contributed by atoms with Crippen LogP contribution in [-0.4, -0.2) is 56.0 Å². The molecule has 2 rings (SSSR count). The highest BCUT2D eigenvalue weighted by molar-refractivity contribution is 7.89. The minimum Gasteiger partial charge on any atom is -0.395 e. The van der Waals surface area contributed by atoms with Gasteiger partial charge in [0.2, 0.25) is 21.8 Å². The van der Waals surface area contributed by atoms with E-state index in [2.05, 4.69) is 10.0 Å². The van der Waals surface area contributed by atoms with Crippen LogP contribution in [0.2, 0.25) is 0 Å². The molecule has 180 valence electrons. The topological polar surface area (TPSA) is 116 Å². The van der Waals surface area contributed by atoms with Crippen molar-refractivity contribution < 1.29 is 27.5 Å². The third kappa shape index (κ3) is 7.92. The van der Waals surface area contributed by atoms with E-state index in [1.165, 1.54) is 29.2 Å². The maximum Gasteiger partial charge on any atom is 0.242 e. The number of sulfonamides is 1. The van der Waals surface area contributed by atoms with Gasteiger partial charge in [0, 0.05) is 26.1 Å². The lowest BCUT2D eigenvalue weighted by molar-refractivity contribution is -0.140. The van der Waals surface area contributed by atoms with Gasteiger partial charge in [-0.3, -0.25) is 9.59 Å². The summed E-state index contributed by atoms with van der Waals surface area (Å²) in [6.07, 6.45) is 0.448. The summed E-state index contributed by atoms with van der Waals surface area (Å²) < 4.78 is 39.8. The molecule has 0 bridgehead atoms. The summed E-state index contributed by atoms with van der Waals surface area (Å²) in [7, 11) is -3.55. The molecule has 33 heavy (non-hydrogen) atoms. The maximum atomic E-state index is 13.3. The van der Waals surface area contributed by atoms with Gasteiger partial charge in [-0.2, -0.15) is 0 Å². The highest BCUT2D eigenvalue weighted by Gasteiger charge is 2.25. The van der Waals surface area contributed by atoms with Crippen molar-refractivity contribution in [2.24, 2.45) is 0 Å². The number of hydrogen-bond acceptors (Lipinski definition) is 5. The Bertz CT molecular complexity index is 1030. The minimum absolute atomic E-state index is 0.0733. The first-order chi connectivity index (χ1) is 15.7. The molecular formula is C23H30FN3O5S. The van der Waals surface area contributed by atoms with Crippen molar-refractivity contribution in [3.63, 3.8) is 0 Å². The third-order valence-electron chi connectivity index (χ3n) is 5.04. The van der Waals surface area contributed by atoms with Crippen LogP contribution in [0, 0.1) is 5.82 Å². The Hall–Kier alpha value is -2.82. The molecule has 2 amide bonds. The summed E-state index contributed by atoms with van der Waals surface area (Å²) in [5.41, 5.74) is 1.45. The monoisotopic (exact) mass is 479 g/mol. The summed E-state index contributed by atoms with van der Waals surface area (Å²) in [4.78, 5) is 27.0. The number of carbonyl (C=O) groups is 2. The molecule has 0 unspecified atom stereocenters. The van der Waals surface area contributed by atoms with E-state index in [4.69, 9.17) is 5.11 Å². The molecule has 0 radical (unpaired) electrons. The fraction of sp³-hybridized carbons (Fsp3) is 0.391. The van der Waals surface area contributed by atoms with Crippen LogP contribution in [0.15, 0.2) is 53.4 Å². The predicted molar refractivity (Wildman–Crippen MR) is 122 cm³/mol. The van der Waals surface area contributed by atoms with E-state index < -0.39 is 27.8 Å². The lowest BCUT2D eigenvalue weighted by Crippen LogP contribution is -2.48. The van der Waals surface area contributed by atoms with Crippen LogP contribution in [0.25, 0.3) is 0 Å². The van der Waals surface area contributed by atoms with E-state index in [0.717, 1.165) is 5.56 Å². The number of nitrogens with one attached hydrogen (secondary N) is 2. The van der Waals surface area contributed by atoms with E-state index in [-0.39, 0.29) is 43.5 Å². The quantitative estimate of drug-likeness (QED) is 0.428. The lowest BCUT2D eigenvalue weighted by atomic mass is 10.1. The minimum atomic E-state index is -3.55. The molecule has 2 aromatic carbocycles. The average molecular weight is 480 g/mol. The summed E-state index contributed by atoms with van der Waals surface area (Å²) in [6.45, 7) is 3.54. The second-order valence-corrected chi connectivity index (χ2v) is 9.25. The van der Waals surface area contributed by atoms with E-state index in [0.29, 0.717) is 12.0 Å². The SMILES string of the molecule is CCNS(=O)(=O)c1ccc(CCC(=O)N(Cc2ccc(F)cc2)[C@@H](C)C(=O)NCCO)cc1. The maximum absolute atomic E-state index is 13.3. The van der Waals surface area contributed by atoms with Crippen LogP contribution >= 0.6 is 0 Å². The van der Waals surface area contributed by atoms with Crippen molar-refractivity contribution in [3.8, 4) is 0 Å². The molecule has 2 aromatic rings. The summed E-state index contributed by atoms with van der Waals surface area (Å²) >= 11 is 0. The number of amides is 2. The highest BCUT2D eigenvalue weighted by atomic mass is 32.2. The molecule has 0 aliphatic rings. The molecule has 0 saturated carbocycles. The van der Waals surface area contributed by atoms with Crippen LogP contribution in [0.5, 0.6) is 0 Å². The summed E-state index contributed by atoms with van der Waals surface area (Å²) in [5, 5.41) is 11.5. The van der Waals surface area contributed by atoms with Crippen LogP contribution in [0.1, 0.15) is 31.4 Å². The molecule has 0 aromatic heterocycles. The first kappa shape index (κ1) is 26.4. The Kier molecular flexibility index (Phi) is 9.95. The molecule has 0 fully saturated rings. The fourth-order valence-electron chi connectivity index (χ4n) is 3.20.